The number of aryl methyl sites for hydroxylation is 1. The van der Waals surface area contributed by atoms with Crippen molar-refractivity contribution in [2.45, 2.75) is 74.8 Å². The molecule has 0 aliphatic heterocycles. The van der Waals surface area contributed by atoms with Gasteiger partial charge in [-0.1, -0.05) is 23.4 Å². The summed E-state index contributed by atoms with van der Waals surface area (Å²) >= 11 is 0. The molecule has 0 amide bonds. The lowest BCUT2D eigenvalue weighted by Crippen LogP contribution is -2.48. The van der Waals surface area contributed by atoms with Gasteiger partial charge in [0.05, 0.1) is 5.56 Å². The number of hydrogen-bond acceptors (Lipinski definition) is 5. The Kier molecular flexibility index (Phi) is 6.39. The van der Waals surface area contributed by atoms with Crippen LogP contribution in [-0.4, -0.2) is 24.9 Å². The number of fused-ring (bicyclic) bond motifs is 3. The fourth-order valence-electron chi connectivity index (χ4n) is 5.87. The van der Waals surface area contributed by atoms with Crippen LogP contribution in [0.5, 0.6) is 0 Å². The first-order valence-corrected chi connectivity index (χ1v) is 12.1. The van der Waals surface area contributed by atoms with Crippen LogP contribution in [0.15, 0.2) is 40.7 Å². The van der Waals surface area contributed by atoms with E-state index in [1.807, 2.05) is 0 Å². The molecule has 2 aromatic heterocycles. The van der Waals surface area contributed by atoms with Crippen molar-refractivity contribution in [2.24, 2.45) is 7.05 Å². The minimum absolute atomic E-state index is 0.00225. The molecule has 0 radical (unpaired) electrons. The first kappa shape index (κ1) is 25.5. The standard InChI is InChI=1S/C25H25F6N5O/c1-36-20(15-5-2-3-6-16(15)25(29,30)31)33-34-22(36)24-12-9-23(10-13-24,11-14-24)21-32-18(37-35-21)8-4-7-17(26)19(27)28/h2-3,5-6H,4,7-14H2,1H3. The van der Waals surface area contributed by atoms with Gasteiger partial charge in [0, 0.05) is 36.3 Å². The van der Waals surface area contributed by atoms with Crippen LogP contribution >= 0.6 is 0 Å². The minimum Gasteiger partial charge on any atom is -0.339 e. The van der Waals surface area contributed by atoms with Crippen LogP contribution in [0.2, 0.25) is 0 Å². The Morgan fingerprint density at radius 1 is 0.973 bits per heavy atom. The predicted octanol–water partition coefficient (Wildman–Crippen LogP) is 6.83. The summed E-state index contributed by atoms with van der Waals surface area (Å²) in [7, 11) is 1.71. The molecule has 12 heteroatoms. The fourth-order valence-corrected chi connectivity index (χ4v) is 5.87. The van der Waals surface area contributed by atoms with Gasteiger partial charge < -0.3 is 9.09 Å². The van der Waals surface area contributed by atoms with E-state index in [0.717, 1.165) is 44.6 Å². The predicted molar refractivity (Wildman–Crippen MR) is 120 cm³/mol. The molecule has 0 unspecified atom stereocenters. The lowest BCUT2D eigenvalue weighted by molar-refractivity contribution is -0.137. The SMILES string of the molecule is Cn1c(-c2ccccc2C(F)(F)F)nnc1C12CCC(c3noc(CCCC(F)=C(F)F)n3)(CC1)CC2. The Balaban J connectivity index is 1.32. The number of hydrogen-bond donors (Lipinski definition) is 0. The average Bonchev–Trinajstić information content (AvgIpc) is 3.52. The average molecular weight is 525 g/mol. The first-order chi connectivity index (χ1) is 17.5. The van der Waals surface area contributed by atoms with Crippen molar-refractivity contribution in [1.29, 1.82) is 0 Å². The molecule has 2 bridgehead atoms. The molecule has 6 rings (SSSR count). The van der Waals surface area contributed by atoms with Crippen molar-refractivity contribution in [3.05, 3.63) is 59.3 Å². The van der Waals surface area contributed by atoms with Crippen molar-refractivity contribution in [1.82, 2.24) is 24.9 Å². The highest BCUT2D eigenvalue weighted by Crippen LogP contribution is 2.57. The largest absolute Gasteiger partial charge is 0.417 e. The molecule has 0 N–H and O–H groups in total. The summed E-state index contributed by atoms with van der Waals surface area (Å²) in [5.41, 5.74) is -1.34. The van der Waals surface area contributed by atoms with Crippen LogP contribution in [0.25, 0.3) is 11.4 Å². The number of benzene rings is 1. The molecule has 3 fully saturated rings. The van der Waals surface area contributed by atoms with E-state index < -0.39 is 23.6 Å². The van der Waals surface area contributed by atoms with Gasteiger partial charge in [0.25, 0.3) is 0 Å². The lowest BCUT2D eigenvalue weighted by Gasteiger charge is -2.51. The number of halogens is 6. The smallest absolute Gasteiger partial charge is 0.339 e. The van der Waals surface area contributed by atoms with Gasteiger partial charge in [-0.2, -0.15) is 26.9 Å². The summed E-state index contributed by atoms with van der Waals surface area (Å²) in [4.78, 5) is 4.49. The summed E-state index contributed by atoms with van der Waals surface area (Å²) in [5, 5.41) is 12.7. The number of rotatable bonds is 7. The highest BCUT2D eigenvalue weighted by atomic mass is 19.4. The quantitative estimate of drug-likeness (QED) is 0.317. The second-order valence-electron chi connectivity index (χ2n) is 10.0. The summed E-state index contributed by atoms with van der Waals surface area (Å²) in [6.45, 7) is 0. The van der Waals surface area contributed by atoms with Gasteiger partial charge >= 0.3 is 12.3 Å². The maximum atomic E-state index is 13.6. The van der Waals surface area contributed by atoms with Crippen LogP contribution < -0.4 is 0 Å². The first-order valence-electron chi connectivity index (χ1n) is 12.1. The molecule has 1 aromatic carbocycles. The van der Waals surface area contributed by atoms with Crippen molar-refractivity contribution in [3.63, 3.8) is 0 Å². The second-order valence-corrected chi connectivity index (χ2v) is 10.0. The molecule has 3 aliphatic rings. The molecular formula is C25H25F6N5O. The zero-order chi connectivity index (χ0) is 26.4. The Morgan fingerprint density at radius 2 is 1.62 bits per heavy atom. The fraction of sp³-hybridized carbons (Fsp3) is 0.520. The van der Waals surface area contributed by atoms with Gasteiger partial charge in [0.1, 0.15) is 5.82 Å². The van der Waals surface area contributed by atoms with Crippen LogP contribution in [0.3, 0.4) is 0 Å². The number of nitrogens with zero attached hydrogens (tertiary/aromatic N) is 5. The summed E-state index contributed by atoms with van der Waals surface area (Å²) in [6, 6.07) is 5.36. The number of alkyl halides is 3. The van der Waals surface area contributed by atoms with Gasteiger partial charge in [-0.3, -0.25) is 0 Å². The normalized spacial score (nSPS) is 23.4. The van der Waals surface area contributed by atoms with Gasteiger partial charge in [-0.25, -0.2) is 4.39 Å². The Labute approximate surface area is 208 Å². The third-order valence-corrected chi connectivity index (χ3v) is 8.00. The highest BCUT2D eigenvalue weighted by molar-refractivity contribution is 5.61. The molecule has 6 nitrogen and oxygen atoms in total. The van der Waals surface area contributed by atoms with Crippen LogP contribution in [0, 0.1) is 0 Å². The van der Waals surface area contributed by atoms with Crippen LogP contribution in [-0.2, 0) is 30.5 Å². The molecule has 0 spiro atoms. The zero-order valence-corrected chi connectivity index (χ0v) is 20.1. The lowest BCUT2D eigenvalue weighted by atomic mass is 9.53. The summed E-state index contributed by atoms with van der Waals surface area (Å²) in [6.07, 6.45) is -2.39. The van der Waals surface area contributed by atoms with Crippen molar-refractivity contribution in [2.75, 3.05) is 0 Å². The summed E-state index contributed by atoms with van der Waals surface area (Å²) in [5.74, 6) is 0.294. The van der Waals surface area contributed by atoms with Crippen LogP contribution in [0.1, 0.15) is 74.5 Å². The van der Waals surface area contributed by atoms with E-state index in [-0.39, 0.29) is 41.5 Å². The Hall–Kier alpha value is -3.18. The van der Waals surface area contributed by atoms with E-state index in [2.05, 4.69) is 20.3 Å². The third kappa shape index (κ3) is 4.54. The van der Waals surface area contributed by atoms with Gasteiger partial charge in [0.2, 0.25) is 5.89 Å². The maximum absolute atomic E-state index is 13.6. The van der Waals surface area contributed by atoms with Gasteiger partial charge in [-0.15, -0.1) is 10.2 Å². The topological polar surface area (TPSA) is 69.6 Å². The van der Waals surface area contributed by atoms with E-state index in [9.17, 15) is 26.3 Å². The monoisotopic (exact) mass is 525 g/mol. The zero-order valence-electron chi connectivity index (χ0n) is 20.1. The second kappa shape index (κ2) is 9.29. The Bertz CT molecular complexity index is 1300. The van der Waals surface area contributed by atoms with Crippen molar-refractivity contribution >= 4 is 0 Å². The van der Waals surface area contributed by atoms with Crippen LogP contribution in [0.4, 0.5) is 26.3 Å². The van der Waals surface area contributed by atoms with Gasteiger partial charge in [-0.05, 0) is 51.0 Å². The molecule has 37 heavy (non-hydrogen) atoms. The highest BCUT2D eigenvalue weighted by Gasteiger charge is 2.54. The van der Waals surface area contributed by atoms with E-state index in [1.165, 1.54) is 12.1 Å². The summed E-state index contributed by atoms with van der Waals surface area (Å²) < 4.78 is 85.3. The molecule has 0 saturated heterocycles. The van der Waals surface area contributed by atoms with E-state index >= 15 is 0 Å². The number of allylic oxidation sites excluding steroid dienone is 1. The molecule has 0 atom stereocenters. The molecule has 198 valence electrons. The Morgan fingerprint density at radius 3 is 2.27 bits per heavy atom. The van der Waals surface area contributed by atoms with Crippen molar-refractivity contribution < 1.29 is 30.9 Å². The number of aromatic nitrogens is 5. The minimum atomic E-state index is -4.51. The maximum Gasteiger partial charge on any atom is 0.417 e. The molecular weight excluding hydrogens is 500 g/mol. The molecule has 3 aromatic rings. The van der Waals surface area contributed by atoms with E-state index in [0.29, 0.717) is 17.5 Å². The molecule has 3 aliphatic carbocycles. The molecule has 3 saturated carbocycles. The van der Waals surface area contributed by atoms with Crippen molar-refractivity contribution in [3.8, 4) is 11.4 Å². The van der Waals surface area contributed by atoms with Gasteiger partial charge in [0.15, 0.2) is 17.5 Å². The third-order valence-electron chi connectivity index (χ3n) is 8.00. The molecule has 2 heterocycles. The van der Waals surface area contributed by atoms with E-state index in [4.69, 9.17) is 4.52 Å². The van der Waals surface area contributed by atoms with E-state index in [1.54, 1.807) is 17.7 Å².